The Bertz CT molecular complexity index is 1100. The van der Waals surface area contributed by atoms with Crippen LogP contribution in [0.2, 0.25) is 0 Å². The molecule has 0 aromatic heterocycles. The van der Waals surface area contributed by atoms with Gasteiger partial charge in [0.05, 0.1) is 23.7 Å². The maximum atomic E-state index is 12.7. The van der Waals surface area contributed by atoms with Crippen LogP contribution < -0.4 is 14.8 Å². The number of hydrogen-bond donors (Lipinski definition) is 2. The van der Waals surface area contributed by atoms with Crippen molar-refractivity contribution in [1.29, 1.82) is 0 Å². The van der Waals surface area contributed by atoms with Gasteiger partial charge in [0.25, 0.3) is 0 Å². The Morgan fingerprint density at radius 2 is 1.57 bits per heavy atom. The van der Waals surface area contributed by atoms with Crippen LogP contribution in [0.4, 0.5) is 5.69 Å². The number of para-hydroxylation sites is 1. The fourth-order valence-corrected chi connectivity index (χ4v) is 4.75. The molecule has 0 saturated carbocycles. The summed E-state index contributed by atoms with van der Waals surface area (Å²) in [4.78, 5) is 14.6. The Balaban J connectivity index is 1.70. The first-order valence-corrected chi connectivity index (χ1v) is 11.5. The summed E-state index contributed by atoms with van der Waals surface area (Å²) in [5.74, 6) is 0.0977. The van der Waals surface area contributed by atoms with E-state index < -0.39 is 22.0 Å². The number of hydrogen-bond acceptors (Lipinski definition) is 5. The average molecular weight is 443 g/mol. The van der Waals surface area contributed by atoms with Crippen LogP contribution in [0.5, 0.6) is 5.75 Å². The van der Waals surface area contributed by atoms with Crippen molar-refractivity contribution in [2.75, 3.05) is 12.4 Å². The van der Waals surface area contributed by atoms with Gasteiger partial charge < -0.3 is 10.1 Å². The molecular weight excluding hydrogens is 420 g/mol. The van der Waals surface area contributed by atoms with Crippen molar-refractivity contribution < 1.29 is 17.9 Å². The molecule has 3 aromatic rings. The van der Waals surface area contributed by atoms with Gasteiger partial charge in [-0.2, -0.15) is 4.72 Å². The average Bonchev–Trinajstić information content (AvgIpc) is 2.75. The van der Waals surface area contributed by atoms with Crippen molar-refractivity contribution in [3.63, 3.8) is 0 Å². The predicted octanol–water partition coefficient (Wildman–Crippen LogP) is 4.15. The van der Waals surface area contributed by atoms with Gasteiger partial charge >= 0.3 is 0 Å². The van der Waals surface area contributed by atoms with E-state index in [2.05, 4.69) is 10.0 Å². The van der Waals surface area contributed by atoms with Gasteiger partial charge in [0.1, 0.15) is 5.75 Å². The maximum absolute atomic E-state index is 12.7. The fourth-order valence-electron chi connectivity index (χ4n) is 2.62. The van der Waals surface area contributed by atoms with E-state index in [1.807, 2.05) is 48.5 Å². The van der Waals surface area contributed by atoms with Gasteiger partial charge in [-0.05, 0) is 55.5 Å². The minimum absolute atomic E-state index is 0.0583. The number of nitrogens with one attached hydrogen (secondary N) is 2. The molecule has 30 heavy (non-hydrogen) atoms. The number of carbonyl (C=O) groups excluding carboxylic acids is 1. The molecule has 1 unspecified atom stereocenters. The summed E-state index contributed by atoms with van der Waals surface area (Å²) >= 11 is 1.52. The molecule has 0 radical (unpaired) electrons. The molecule has 0 saturated heterocycles. The third-order valence-electron chi connectivity index (χ3n) is 4.21. The molecule has 0 aliphatic heterocycles. The molecule has 2 N–H and O–H groups in total. The summed E-state index contributed by atoms with van der Waals surface area (Å²) in [6.45, 7) is 1.50. The van der Waals surface area contributed by atoms with Crippen molar-refractivity contribution in [3.8, 4) is 5.75 Å². The number of carbonyl (C=O) groups is 1. The van der Waals surface area contributed by atoms with E-state index in [9.17, 15) is 13.2 Å². The molecule has 1 amide bonds. The second-order valence-electron chi connectivity index (χ2n) is 6.42. The number of methoxy groups -OCH3 is 1. The monoisotopic (exact) mass is 442 g/mol. The number of anilines is 1. The van der Waals surface area contributed by atoms with Crippen LogP contribution in [0, 0.1) is 0 Å². The van der Waals surface area contributed by atoms with Gasteiger partial charge in [-0.25, -0.2) is 8.42 Å². The molecule has 0 spiro atoms. The first-order chi connectivity index (χ1) is 14.4. The van der Waals surface area contributed by atoms with Crippen molar-refractivity contribution >= 4 is 33.4 Å². The zero-order valence-corrected chi connectivity index (χ0v) is 18.2. The standard InChI is InChI=1S/C22H22N2O4S2/c1-16(24-30(26,27)19-14-12-17(28-2)13-15-19)22(25)23-20-10-6-7-11-21(20)29-18-8-4-3-5-9-18/h3-16,24H,1-2H3,(H,23,25). The molecule has 156 valence electrons. The van der Waals surface area contributed by atoms with Crippen LogP contribution in [0.3, 0.4) is 0 Å². The van der Waals surface area contributed by atoms with Crippen molar-refractivity contribution in [2.45, 2.75) is 27.7 Å². The molecule has 6 nitrogen and oxygen atoms in total. The summed E-state index contributed by atoms with van der Waals surface area (Å²) in [5, 5.41) is 2.82. The Kier molecular flexibility index (Phi) is 7.15. The topological polar surface area (TPSA) is 84.5 Å². The lowest BCUT2D eigenvalue weighted by Gasteiger charge is -2.16. The summed E-state index contributed by atoms with van der Waals surface area (Å²) in [6.07, 6.45) is 0. The van der Waals surface area contributed by atoms with Crippen molar-refractivity contribution in [3.05, 3.63) is 78.9 Å². The zero-order valence-electron chi connectivity index (χ0n) is 16.5. The summed E-state index contributed by atoms with van der Waals surface area (Å²) in [6, 6.07) is 22.2. The second-order valence-corrected chi connectivity index (χ2v) is 9.25. The Morgan fingerprint density at radius 1 is 0.933 bits per heavy atom. The molecule has 1 atom stereocenters. The molecule has 3 rings (SSSR count). The maximum Gasteiger partial charge on any atom is 0.242 e. The smallest absolute Gasteiger partial charge is 0.242 e. The minimum Gasteiger partial charge on any atom is -0.497 e. The Hall–Kier alpha value is -2.81. The molecule has 0 fully saturated rings. The molecule has 8 heteroatoms. The van der Waals surface area contributed by atoms with E-state index in [0.29, 0.717) is 11.4 Å². The quantitative estimate of drug-likeness (QED) is 0.547. The molecule has 3 aromatic carbocycles. The van der Waals surface area contributed by atoms with Crippen LogP contribution in [0.15, 0.2) is 93.5 Å². The Labute approximate surface area is 180 Å². The molecule has 0 heterocycles. The SMILES string of the molecule is COc1ccc(S(=O)(=O)NC(C)C(=O)Nc2ccccc2Sc2ccccc2)cc1. The van der Waals surface area contributed by atoms with Crippen LogP contribution in [-0.2, 0) is 14.8 Å². The van der Waals surface area contributed by atoms with Crippen LogP contribution >= 0.6 is 11.8 Å². The van der Waals surface area contributed by atoms with Gasteiger partial charge in [0.2, 0.25) is 15.9 Å². The highest BCUT2D eigenvalue weighted by atomic mass is 32.2. The number of amides is 1. The summed E-state index contributed by atoms with van der Waals surface area (Å²) < 4.78 is 32.6. The van der Waals surface area contributed by atoms with Crippen LogP contribution in [0.25, 0.3) is 0 Å². The highest BCUT2D eigenvalue weighted by Gasteiger charge is 2.22. The highest BCUT2D eigenvalue weighted by molar-refractivity contribution is 7.99. The van der Waals surface area contributed by atoms with E-state index >= 15 is 0 Å². The predicted molar refractivity (Wildman–Crippen MR) is 118 cm³/mol. The molecule has 0 aliphatic rings. The first-order valence-electron chi connectivity index (χ1n) is 9.18. The molecule has 0 bridgehead atoms. The highest BCUT2D eigenvalue weighted by Crippen LogP contribution is 2.33. The third-order valence-corrected chi connectivity index (χ3v) is 6.85. The largest absolute Gasteiger partial charge is 0.497 e. The molecule has 0 aliphatic carbocycles. The lowest BCUT2D eigenvalue weighted by Crippen LogP contribution is -2.41. The van der Waals surface area contributed by atoms with Crippen LogP contribution in [-0.4, -0.2) is 27.5 Å². The number of ether oxygens (including phenoxy) is 1. The Morgan fingerprint density at radius 3 is 2.23 bits per heavy atom. The van der Waals surface area contributed by atoms with E-state index in [4.69, 9.17) is 4.74 Å². The number of sulfonamides is 1. The summed E-state index contributed by atoms with van der Waals surface area (Å²) in [7, 11) is -2.35. The van der Waals surface area contributed by atoms with E-state index in [1.165, 1.54) is 37.9 Å². The number of benzene rings is 3. The molecular formula is C22H22N2O4S2. The van der Waals surface area contributed by atoms with E-state index in [1.54, 1.807) is 18.2 Å². The van der Waals surface area contributed by atoms with Gasteiger partial charge in [0.15, 0.2) is 0 Å². The van der Waals surface area contributed by atoms with Gasteiger partial charge in [-0.1, -0.05) is 42.1 Å². The summed E-state index contributed by atoms with van der Waals surface area (Å²) in [5.41, 5.74) is 0.617. The normalized spacial score (nSPS) is 12.2. The van der Waals surface area contributed by atoms with E-state index in [0.717, 1.165) is 9.79 Å². The van der Waals surface area contributed by atoms with Gasteiger partial charge in [-0.15, -0.1) is 0 Å². The lowest BCUT2D eigenvalue weighted by atomic mass is 10.3. The fraction of sp³-hybridized carbons (Fsp3) is 0.136. The van der Waals surface area contributed by atoms with E-state index in [-0.39, 0.29) is 4.90 Å². The zero-order chi connectivity index (χ0) is 21.6. The first kappa shape index (κ1) is 21.9. The minimum atomic E-state index is -3.85. The van der Waals surface area contributed by atoms with Crippen molar-refractivity contribution in [1.82, 2.24) is 4.72 Å². The second kappa shape index (κ2) is 9.80. The van der Waals surface area contributed by atoms with Crippen molar-refractivity contribution in [2.24, 2.45) is 0 Å². The number of rotatable bonds is 8. The van der Waals surface area contributed by atoms with Gasteiger partial charge in [-0.3, -0.25) is 4.79 Å². The lowest BCUT2D eigenvalue weighted by molar-refractivity contribution is -0.117. The van der Waals surface area contributed by atoms with Gasteiger partial charge in [0, 0.05) is 9.79 Å². The van der Waals surface area contributed by atoms with Crippen LogP contribution in [0.1, 0.15) is 6.92 Å². The third kappa shape index (κ3) is 5.63.